The van der Waals surface area contributed by atoms with Gasteiger partial charge in [0, 0.05) is 6.92 Å². The van der Waals surface area contributed by atoms with E-state index in [4.69, 9.17) is 4.74 Å². The second-order valence-corrected chi connectivity index (χ2v) is 4.15. The third-order valence-corrected chi connectivity index (χ3v) is 2.68. The van der Waals surface area contributed by atoms with Crippen LogP contribution in [0.4, 0.5) is 4.39 Å². The predicted octanol–water partition coefficient (Wildman–Crippen LogP) is 1.81. The number of hydrogen-bond donors (Lipinski definition) is 1. The Labute approximate surface area is 90.4 Å². The molecule has 1 atom stereocenters. The average molecular weight is 217 g/mol. The summed E-state index contributed by atoms with van der Waals surface area (Å²) in [6.07, 6.45) is 6.08. The molecule has 1 aliphatic carbocycles. The smallest absolute Gasteiger partial charge is 0.217 e. The van der Waals surface area contributed by atoms with Gasteiger partial charge in [-0.1, -0.05) is 19.3 Å². The Hall–Kier alpha value is -0.640. The molecule has 0 heterocycles. The SMILES string of the molecule is CC(=O)N[C@@H](CF)COC1CCCCC1. The number of hydrogen-bond acceptors (Lipinski definition) is 2. The molecule has 1 rings (SSSR count). The lowest BCUT2D eigenvalue weighted by atomic mass is 9.98. The van der Waals surface area contributed by atoms with Gasteiger partial charge in [0.2, 0.25) is 5.91 Å². The minimum absolute atomic E-state index is 0.204. The summed E-state index contributed by atoms with van der Waals surface area (Å²) < 4.78 is 18.1. The van der Waals surface area contributed by atoms with Crippen molar-refractivity contribution < 1.29 is 13.9 Å². The number of carbonyl (C=O) groups is 1. The van der Waals surface area contributed by atoms with Crippen LogP contribution in [0.25, 0.3) is 0 Å². The lowest BCUT2D eigenvalue weighted by Crippen LogP contribution is -2.39. The van der Waals surface area contributed by atoms with Crippen molar-refractivity contribution in [3.63, 3.8) is 0 Å². The highest BCUT2D eigenvalue weighted by Crippen LogP contribution is 2.20. The summed E-state index contributed by atoms with van der Waals surface area (Å²) in [5, 5.41) is 2.53. The summed E-state index contributed by atoms with van der Waals surface area (Å²) in [5.74, 6) is -0.204. The second-order valence-electron chi connectivity index (χ2n) is 4.15. The van der Waals surface area contributed by atoms with E-state index in [2.05, 4.69) is 5.32 Å². The molecule has 1 saturated carbocycles. The van der Waals surface area contributed by atoms with Crippen LogP contribution in [-0.2, 0) is 9.53 Å². The Morgan fingerprint density at radius 3 is 2.67 bits per heavy atom. The first kappa shape index (κ1) is 12.4. The van der Waals surface area contributed by atoms with Crippen molar-refractivity contribution in [2.45, 2.75) is 51.2 Å². The molecule has 0 spiro atoms. The molecule has 0 aliphatic heterocycles. The van der Waals surface area contributed by atoms with Gasteiger partial charge in [-0.3, -0.25) is 4.79 Å². The van der Waals surface area contributed by atoms with Crippen molar-refractivity contribution in [3.8, 4) is 0 Å². The fraction of sp³-hybridized carbons (Fsp3) is 0.909. The summed E-state index contributed by atoms with van der Waals surface area (Å²) in [6, 6.07) is -0.482. The Morgan fingerprint density at radius 1 is 1.47 bits per heavy atom. The number of halogens is 1. The number of carbonyl (C=O) groups excluding carboxylic acids is 1. The highest BCUT2D eigenvalue weighted by atomic mass is 19.1. The van der Waals surface area contributed by atoms with Gasteiger partial charge in [0.1, 0.15) is 6.67 Å². The zero-order valence-corrected chi connectivity index (χ0v) is 9.30. The molecule has 15 heavy (non-hydrogen) atoms. The molecule has 0 aromatic heterocycles. The Morgan fingerprint density at radius 2 is 2.13 bits per heavy atom. The molecular formula is C11H20FNO2. The van der Waals surface area contributed by atoms with Crippen LogP contribution in [0.3, 0.4) is 0 Å². The molecular weight excluding hydrogens is 197 g/mol. The average Bonchev–Trinajstić information content (AvgIpc) is 2.25. The van der Waals surface area contributed by atoms with E-state index in [1.165, 1.54) is 26.2 Å². The number of alkyl halides is 1. The lowest BCUT2D eigenvalue weighted by molar-refractivity contribution is -0.120. The number of nitrogens with one attached hydrogen (secondary N) is 1. The van der Waals surface area contributed by atoms with Crippen molar-refractivity contribution in [3.05, 3.63) is 0 Å². The third-order valence-electron chi connectivity index (χ3n) is 2.68. The Bertz CT molecular complexity index is 193. The first-order chi connectivity index (χ1) is 7.22. The van der Waals surface area contributed by atoms with E-state index in [1.54, 1.807) is 0 Å². The number of amides is 1. The third kappa shape index (κ3) is 5.11. The van der Waals surface area contributed by atoms with Gasteiger partial charge in [0.15, 0.2) is 0 Å². The van der Waals surface area contributed by atoms with Crippen LogP contribution in [0, 0.1) is 0 Å². The van der Waals surface area contributed by atoms with E-state index in [0.29, 0.717) is 6.61 Å². The lowest BCUT2D eigenvalue weighted by Gasteiger charge is -2.24. The van der Waals surface area contributed by atoms with Crippen LogP contribution < -0.4 is 5.32 Å². The molecule has 0 bridgehead atoms. The van der Waals surface area contributed by atoms with E-state index in [9.17, 15) is 9.18 Å². The van der Waals surface area contributed by atoms with Crippen molar-refractivity contribution in [1.82, 2.24) is 5.32 Å². The summed E-state index contributed by atoms with van der Waals surface area (Å²) in [6.45, 7) is 1.12. The molecule has 0 radical (unpaired) electrons. The van der Waals surface area contributed by atoms with E-state index in [1.807, 2.05) is 0 Å². The quantitative estimate of drug-likeness (QED) is 0.762. The molecule has 0 unspecified atom stereocenters. The van der Waals surface area contributed by atoms with Crippen LogP contribution in [0.15, 0.2) is 0 Å². The molecule has 1 N–H and O–H groups in total. The fourth-order valence-electron chi connectivity index (χ4n) is 1.90. The highest BCUT2D eigenvalue weighted by Gasteiger charge is 2.16. The van der Waals surface area contributed by atoms with Crippen LogP contribution in [0.5, 0.6) is 0 Å². The van der Waals surface area contributed by atoms with Gasteiger partial charge in [-0.15, -0.1) is 0 Å². The van der Waals surface area contributed by atoms with Crippen molar-refractivity contribution in [2.24, 2.45) is 0 Å². The molecule has 0 aromatic carbocycles. The van der Waals surface area contributed by atoms with E-state index in [0.717, 1.165) is 12.8 Å². The minimum Gasteiger partial charge on any atom is -0.376 e. The monoisotopic (exact) mass is 217 g/mol. The van der Waals surface area contributed by atoms with Gasteiger partial charge in [0.05, 0.1) is 18.8 Å². The van der Waals surface area contributed by atoms with Gasteiger partial charge in [-0.25, -0.2) is 4.39 Å². The van der Waals surface area contributed by atoms with Crippen LogP contribution in [-0.4, -0.2) is 31.3 Å². The van der Waals surface area contributed by atoms with E-state index < -0.39 is 12.7 Å². The second kappa shape index (κ2) is 6.77. The molecule has 1 aliphatic rings. The van der Waals surface area contributed by atoms with Gasteiger partial charge in [0.25, 0.3) is 0 Å². The van der Waals surface area contributed by atoms with E-state index >= 15 is 0 Å². The van der Waals surface area contributed by atoms with Crippen molar-refractivity contribution in [1.29, 1.82) is 0 Å². The standard InChI is InChI=1S/C11H20FNO2/c1-9(14)13-10(7-12)8-15-11-5-3-2-4-6-11/h10-11H,2-8H2,1H3,(H,13,14)/t10-/m0/s1. The number of ether oxygens (including phenoxy) is 1. The predicted molar refractivity (Wildman–Crippen MR) is 56.4 cm³/mol. The molecule has 3 nitrogen and oxygen atoms in total. The minimum atomic E-state index is -0.563. The highest BCUT2D eigenvalue weighted by molar-refractivity contribution is 5.73. The van der Waals surface area contributed by atoms with Gasteiger partial charge >= 0.3 is 0 Å². The van der Waals surface area contributed by atoms with Gasteiger partial charge in [-0.05, 0) is 12.8 Å². The topological polar surface area (TPSA) is 38.3 Å². The summed E-state index contributed by atoms with van der Waals surface area (Å²) in [5.41, 5.74) is 0. The maximum absolute atomic E-state index is 12.5. The zero-order chi connectivity index (χ0) is 11.1. The van der Waals surface area contributed by atoms with E-state index in [-0.39, 0.29) is 12.0 Å². The van der Waals surface area contributed by atoms with Crippen LogP contribution in [0.2, 0.25) is 0 Å². The molecule has 4 heteroatoms. The van der Waals surface area contributed by atoms with Crippen LogP contribution >= 0.6 is 0 Å². The largest absolute Gasteiger partial charge is 0.376 e. The van der Waals surface area contributed by atoms with Gasteiger partial charge in [-0.2, -0.15) is 0 Å². The normalized spacial score (nSPS) is 19.9. The number of rotatable bonds is 5. The van der Waals surface area contributed by atoms with Crippen molar-refractivity contribution in [2.75, 3.05) is 13.3 Å². The maximum Gasteiger partial charge on any atom is 0.217 e. The Balaban J connectivity index is 2.17. The van der Waals surface area contributed by atoms with Gasteiger partial charge < -0.3 is 10.1 Å². The molecule has 0 saturated heterocycles. The zero-order valence-electron chi connectivity index (χ0n) is 9.30. The van der Waals surface area contributed by atoms with Crippen LogP contribution in [0.1, 0.15) is 39.0 Å². The molecule has 1 amide bonds. The molecule has 0 aromatic rings. The molecule has 88 valence electrons. The van der Waals surface area contributed by atoms with Crippen molar-refractivity contribution >= 4 is 5.91 Å². The maximum atomic E-state index is 12.5. The fourth-order valence-corrected chi connectivity index (χ4v) is 1.90. The first-order valence-electron chi connectivity index (χ1n) is 5.67. The summed E-state index contributed by atoms with van der Waals surface area (Å²) in [4.78, 5) is 10.7. The summed E-state index contributed by atoms with van der Waals surface area (Å²) >= 11 is 0. The summed E-state index contributed by atoms with van der Waals surface area (Å²) in [7, 11) is 0. The Kier molecular flexibility index (Phi) is 5.61. The molecule has 1 fully saturated rings. The first-order valence-corrected chi connectivity index (χ1v) is 5.67.